The first-order chi connectivity index (χ1) is 5.98. The topological polar surface area (TPSA) is 84.2 Å². The van der Waals surface area contributed by atoms with E-state index in [4.69, 9.17) is 0 Å². The summed E-state index contributed by atoms with van der Waals surface area (Å²) in [5.41, 5.74) is -1.36. The van der Waals surface area contributed by atoms with Crippen molar-refractivity contribution in [3.63, 3.8) is 0 Å². The van der Waals surface area contributed by atoms with Crippen LogP contribution in [-0.2, 0) is 0 Å². The van der Waals surface area contributed by atoms with Crippen LogP contribution in [0.4, 0.5) is 0 Å². The van der Waals surface area contributed by atoms with Gasteiger partial charge in [-0.05, 0) is 19.9 Å². The van der Waals surface area contributed by atoms with E-state index in [-0.39, 0.29) is 6.04 Å². The minimum Gasteiger partial charge on any atom is -0.389 e. The lowest BCUT2D eigenvalue weighted by Gasteiger charge is -2.46. The standard InChI is InChI=1S/C8H15NO4/c1-9-4-2-3-8(9,13)7(12)6(11)5(4)10/h4-7,10-13H,2-3H2,1H3/t4?,5-,6+,7+,8+/m0/s1. The Morgan fingerprint density at radius 2 is 1.85 bits per heavy atom. The fourth-order valence-electron chi connectivity index (χ4n) is 2.46. The highest BCUT2D eigenvalue weighted by Crippen LogP contribution is 2.41. The predicted molar refractivity (Wildman–Crippen MR) is 43.8 cm³/mol. The molecule has 2 rings (SSSR count). The Balaban J connectivity index is 2.34. The summed E-state index contributed by atoms with van der Waals surface area (Å²) in [4.78, 5) is 1.55. The van der Waals surface area contributed by atoms with Gasteiger partial charge in [0, 0.05) is 6.04 Å². The Hall–Kier alpha value is -0.200. The molecule has 13 heavy (non-hydrogen) atoms. The predicted octanol–water partition coefficient (Wildman–Crippen LogP) is -2.13. The molecule has 2 bridgehead atoms. The maximum atomic E-state index is 9.95. The van der Waals surface area contributed by atoms with Crippen LogP contribution in [0.25, 0.3) is 0 Å². The first kappa shape index (κ1) is 9.36. The Kier molecular flexibility index (Phi) is 1.91. The Bertz CT molecular complexity index is 222. The largest absolute Gasteiger partial charge is 0.389 e. The van der Waals surface area contributed by atoms with Gasteiger partial charge in [-0.3, -0.25) is 4.90 Å². The molecule has 0 spiro atoms. The van der Waals surface area contributed by atoms with E-state index in [2.05, 4.69) is 0 Å². The molecule has 2 fully saturated rings. The zero-order valence-electron chi connectivity index (χ0n) is 7.46. The highest BCUT2D eigenvalue weighted by molar-refractivity contribution is 5.08. The molecule has 2 heterocycles. The molecule has 4 N–H and O–H groups in total. The van der Waals surface area contributed by atoms with Gasteiger partial charge in [-0.1, -0.05) is 0 Å². The number of aliphatic hydroxyl groups excluding tert-OH is 3. The summed E-state index contributed by atoms with van der Waals surface area (Å²) in [6.07, 6.45) is -2.51. The van der Waals surface area contributed by atoms with Crippen LogP contribution in [0.3, 0.4) is 0 Å². The number of nitrogens with zero attached hydrogens (tertiary/aromatic N) is 1. The molecule has 0 amide bonds. The molecular weight excluding hydrogens is 174 g/mol. The minimum atomic E-state index is -1.36. The number of aliphatic hydroxyl groups is 4. The van der Waals surface area contributed by atoms with Crippen molar-refractivity contribution in [3.05, 3.63) is 0 Å². The molecule has 76 valence electrons. The molecule has 2 aliphatic heterocycles. The van der Waals surface area contributed by atoms with E-state index in [0.29, 0.717) is 12.8 Å². The Labute approximate surface area is 76.2 Å². The molecular formula is C8H15NO4. The van der Waals surface area contributed by atoms with E-state index in [1.807, 2.05) is 0 Å². The van der Waals surface area contributed by atoms with Gasteiger partial charge >= 0.3 is 0 Å². The number of likely N-dealkylation sites (N-methyl/N-ethyl adjacent to an activating group) is 1. The van der Waals surface area contributed by atoms with Crippen molar-refractivity contribution in [1.29, 1.82) is 0 Å². The summed E-state index contributed by atoms with van der Waals surface area (Å²) in [5.74, 6) is 0. The lowest BCUT2D eigenvalue weighted by atomic mass is 9.92. The third-order valence-corrected chi connectivity index (χ3v) is 3.46. The molecule has 2 saturated heterocycles. The molecule has 0 aromatic rings. The smallest absolute Gasteiger partial charge is 0.147 e. The third-order valence-electron chi connectivity index (χ3n) is 3.46. The van der Waals surface area contributed by atoms with E-state index in [1.165, 1.54) is 0 Å². The molecule has 0 radical (unpaired) electrons. The van der Waals surface area contributed by atoms with Gasteiger partial charge in [0.1, 0.15) is 17.9 Å². The molecule has 5 heteroatoms. The lowest BCUT2D eigenvalue weighted by molar-refractivity contribution is -0.243. The van der Waals surface area contributed by atoms with E-state index in [1.54, 1.807) is 11.9 Å². The molecule has 5 nitrogen and oxygen atoms in total. The molecule has 0 aromatic heterocycles. The average molecular weight is 189 g/mol. The first-order valence-electron chi connectivity index (χ1n) is 4.48. The first-order valence-corrected chi connectivity index (χ1v) is 4.48. The fourth-order valence-corrected chi connectivity index (χ4v) is 2.46. The Morgan fingerprint density at radius 1 is 1.23 bits per heavy atom. The maximum Gasteiger partial charge on any atom is 0.147 e. The molecule has 0 aromatic carbocycles. The third kappa shape index (κ3) is 0.992. The summed E-state index contributed by atoms with van der Waals surface area (Å²) in [6, 6.07) is -0.247. The van der Waals surface area contributed by atoms with E-state index < -0.39 is 24.0 Å². The Morgan fingerprint density at radius 3 is 2.46 bits per heavy atom. The van der Waals surface area contributed by atoms with Gasteiger partial charge in [-0.15, -0.1) is 0 Å². The van der Waals surface area contributed by atoms with Crippen LogP contribution in [0.5, 0.6) is 0 Å². The molecule has 0 saturated carbocycles. The van der Waals surface area contributed by atoms with Gasteiger partial charge in [-0.25, -0.2) is 0 Å². The van der Waals surface area contributed by atoms with Crippen molar-refractivity contribution in [2.75, 3.05) is 7.05 Å². The van der Waals surface area contributed by atoms with Crippen LogP contribution >= 0.6 is 0 Å². The van der Waals surface area contributed by atoms with Crippen molar-refractivity contribution in [2.24, 2.45) is 0 Å². The van der Waals surface area contributed by atoms with Gasteiger partial charge in [0.15, 0.2) is 0 Å². The number of hydrogen-bond acceptors (Lipinski definition) is 5. The van der Waals surface area contributed by atoms with Gasteiger partial charge in [0.2, 0.25) is 0 Å². The molecule has 0 aliphatic carbocycles. The van der Waals surface area contributed by atoms with Crippen molar-refractivity contribution in [3.8, 4) is 0 Å². The van der Waals surface area contributed by atoms with Crippen molar-refractivity contribution >= 4 is 0 Å². The van der Waals surface area contributed by atoms with Gasteiger partial charge in [0.05, 0.1) is 6.10 Å². The van der Waals surface area contributed by atoms with Crippen molar-refractivity contribution < 1.29 is 20.4 Å². The minimum absolute atomic E-state index is 0.247. The quantitative estimate of drug-likeness (QED) is 0.350. The summed E-state index contributed by atoms with van der Waals surface area (Å²) >= 11 is 0. The summed E-state index contributed by atoms with van der Waals surface area (Å²) < 4.78 is 0. The second-order valence-corrected chi connectivity index (χ2v) is 4.02. The number of hydrogen-bond donors (Lipinski definition) is 4. The van der Waals surface area contributed by atoms with Gasteiger partial charge in [0.25, 0.3) is 0 Å². The summed E-state index contributed by atoms with van der Waals surface area (Å²) in [6.45, 7) is 0. The number of rotatable bonds is 0. The SMILES string of the molecule is CN1C2CC[C@@]1(O)[C@H](O)[C@H](O)[C@H]2O. The van der Waals surface area contributed by atoms with Crippen LogP contribution in [0.2, 0.25) is 0 Å². The monoisotopic (exact) mass is 189 g/mol. The van der Waals surface area contributed by atoms with Crippen LogP contribution in [-0.4, -0.2) is 62.5 Å². The second-order valence-electron chi connectivity index (χ2n) is 4.02. The van der Waals surface area contributed by atoms with E-state index >= 15 is 0 Å². The van der Waals surface area contributed by atoms with Gasteiger partial charge < -0.3 is 20.4 Å². The number of fused-ring (bicyclic) bond motifs is 2. The highest BCUT2D eigenvalue weighted by Gasteiger charge is 2.58. The normalized spacial score (nSPS) is 57.0. The second kappa shape index (κ2) is 2.65. The van der Waals surface area contributed by atoms with Crippen LogP contribution < -0.4 is 0 Å². The lowest BCUT2D eigenvalue weighted by Crippen LogP contribution is -2.67. The zero-order valence-corrected chi connectivity index (χ0v) is 7.46. The molecule has 1 unspecified atom stereocenters. The van der Waals surface area contributed by atoms with Crippen LogP contribution in [0.1, 0.15) is 12.8 Å². The fraction of sp³-hybridized carbons (Fsp3) is 1.00. The van der Waals surface area contributed by atoms with E-state index in [9.17, 15) is 20.4 Å². The summed E-state index contributed by atoms with van der Waals surface area (Å²) in [7, 11) is 1.65. The molecule has 5 atom stereocenters. The van der Waals surface area contributed by atoms with Gasteiger partial charge in [-0.2, -0.15) is 0 Å². The zero-order chi connectivity index (χ0) is 9.80. The van der Waals surface area contributed by atoms with Crippen molar-refractivity contribution in [1.82, 2.24) is 4.90 Å². The van der Waals surface area contributed by atoms with Crippen LogP contribution in [0.15, 0.2) is 0 Å². The number of piperidine rings is 1. The maximum absolute atomic E-state index is 9.95. The average Bonchev–Trinajstić information content (AvgIpc) is 2.37. The van der Waals surface area contributed by atoms with Crippen molar-refractivity contribution in [2.45, 2.75) is 42.9 Å². The van der Waals surface area contributed by atoms with E-state index in [0.717, 1.165) is 0 Å². The van der Waals surface area contributed by atoms with Crippen LogP contribution in [0, 0.1) is 0 Å². The summed E-state index contributed by atoms with van der Waals surface area (Å²) in [5, 5.41) is 38.5. The molecule has 2 aliphatic rings. The highest BCUT2D eigenvalue weighted by atomic mass is 16.4.